The topological polar surface area (TPSA) is 57.0 Å². The largest absolute Gasteiger partial charge is 0.493 e. The van der Waals surface area contributed by atoms with Gasteiger partial charge in [-0.3, -0.25) is 0 Å². The van der Waals surface area contributed by atoms with Crippen molar-refractivity contribution in [1.29, 1.82) is 0 Å². The fourth-order valence-corrected chi connectivity index (χ4v) is 2.42. The van der Waals surface area contributed by atoms with Gasteiger partial charge in [0, 0.05) is 13.1 Å². The second-order valence-corrected chi connectivity index (χ2v) is 5.23. The van der Waals surface area contributed by atoms with E-state index in [1.165, 1.54) is 0 Å². The minimum absolute atomic E-state index is 0.276. The first kappa shape index (κ1) is 15.1. The molecule has 112 valence electrons. The molecule has 2 rings (SSSR count). The molecule has 1 aliphatic rings. The van der Waals surface area contributed by atoms with Crippen molar-refractivity contribution in [2.75, 3.05) is 33.9 Å². The van der Waals surface area contributed by atoms with Gasteiger partial charge in [0.25, 0.3) is 0 Å². The number of nitrogens with two attached hydrogens (primary N) is 1. The zero-order valence-corrected chi connectivity index (χ0v) is 12.3. The first-order valence-corrected chi connectivity index (χ1v) is 7.06. The van der Waals surface area contributed by atoms with Crippen LogP contribution in [0.15, 0.2) is 18.2 Å². The summed E-state index contributed by atoms with van der Waals surface area (Å²) < 4.78 is 11.5. The lowest BCUT2D eigenvalue weighted by Gasteiger charge is -2.29. The van der Waals surface area contributed by atoms with Gasteiger partial charge in [0.2, 0.25) is 0 Å². The highest BCUT2D eigenvalue weighted by Gasteiger charge is 2.19. The van der Waals surface area contributed by atoms with Crippen molar-refractivity contribution in [3.8, 4) is 11.5 Å². The number of hydrogen-bond donors (Lipinski definition) is 1. The molecule has 0 atom stereocenters. The minimum Gasteiger partial charge on any atom is -0.493 e. The number of rotatable bonds is 6. The van der Waals surface area contributed by atoms with Gasteiger partial charge in [-0.15, -0.1) is 0 Å². The Morgan fingerprint density at radius 2 is 2.00 bits per heavy atom. The molecule has 0 amide bonds. The fourth-order valence-electron chi connectivity index (χ4n) is 2.42. The van der Waals surface area contributed by atoms with E-state index in [2.05, 4.69) is 16.8 Å². The molecule has 0 radical (unpaired) electrons. The highest BCUT2D eigenvalue weighted by atomic mass is 16.6. The van der Waals surface area contributed by atoms with Crippen molar-refractivity contribution in [2.45, 2.75) is 25.4 Å². The first-order chi connectivity index (χ1) is 9.72. The average Bonchev–Trinajstić information content (AvgIpc) is 2.48. The van der Waals surface area contributed by atoms with Crippen LogP contribution >= 0.6 is 0 Å². The molecule has 1 fully saturated rings. The lowest BCUT2D eigenvalue weighted by molar-refractivity contribution is 0.111. The number of benzene rings is 1. The normalized spacial score (nSPS) is 17.1. The first-order valence-electron chi connectivity index (χ1n) is 7.06. The van der Waals surface area contributed by atoms with Gasteiger partial charge in [-0.05, 0) is 44.0 Å². The summed E-state index contributed by atoms with van der Waals surface area (Å²) >= 11 is 0. The monoisotopic (exact) mass is 280 g/mol. The molecule has 0 bridgehead atoms. The molecule has 20 heavy (non-hydrogen) atoms. The van der Waals surface area contributed by atoms with E-state index in [0.29, 0.717) is 6.61 Å². The summed E-state index contributed by atoms with van der Waals surface area (Å²) in [6, 6.07) is 6.00. The Balaban J connectivity index is 1.99. The van der Waals surface area contributed by atoms with Crippen molar-refractivity contribution in [1.82, 2.24) is 4.90 Å². The van der Waals surface area contributed by atoms with Gasteiger partial charge in [-0.25, -0.2) is 5.90 Å². The second kappa shape index (κ2) is 7.47. The molecule has 1 aromatic carbocycles. The van der Waals surface area contributed by atoms with Crippen LogP contribution in [-0.2, 0) is 11.3 Å². The summed E-state index contributed by atoms with van der Waals surface area (Å²) in [6.45, 7) is 2.66. The van der Waals surface area contributed by atoms with Crippen molar-refractivity contribution in [3.05, 3.63) is 23.8 Å². The smallest absolute Gasteiger partial charge is 0.161 e. The van der Waals surface area contributed by atoms with Gasteiger partial charge in [-0.2, -0.15) is 0 Å². The maximum atomic E-state index is 6.08. The van der Waals surface area contributed by atoms with Crippen LogP contribution in [0.4, 0.5) is 0 Å². The molecule has 1 aromatic rings. The minimum atomic E-state index is 0.276. The number of likely N-dealkylation sites (tertiary alicyclic amines) is 1. The predicted molar refractivity (Wildman–Crippen MR) is 78.0 cm³/mol. The summed E-state index contributed by atoms with van der Waals surface area (Å²) in [5, 5.41) is 0. The highest BCUT2D eigenvalue weighted by Crippen LogP contribution is 2.30. The Kier molecular flexibility index (Phi) is 5.64. The highest BCUT2D eigenvalue weighted by molar-refractivity contribution is 5.43. The van der Waals surface area contributed by atoms with Crippen molar-refractivity contribution in [3.63, 3.8) is 0 Å². The third kappa shape index (κ3) is 4.10. The Morgan fingerprint density at radius 3 is 2.65 bits per heavy atom. The SMILES string of the molecule is COc1cc(CCON)ccc1OC1CCN(C)CC1. The van der Waals surface area contributed by atoms with E-state index >= 15 is 0 Å². The standard InChI is InChI=1S/C15H24N2O3/c1-17-8-5-13(6-9-17)20-14-4-3-12(7-10-19-16)11-15(14)18-2/h3-4,11,13H,5-10,16H2,1-2H3. The van der Waals surface area contributed by atoms with Crippen LogP contribution in [0.2, 0.25) is 0 Å². The van der Waals surface area contributed by atoms with E-state index < -0.39 is 0 Å². The second-order valence-electron chi connectivity index (χ2n) is 5.23. The molecule has 1 aliphatic heterocycles. The molecular weight excluding hydrogens is 256 g/mol. The van der Waals surface area contributed by atoms with Gasteiger partial charge >= 0.3 is 0 Å². The van der Waals surface area contributed by atoms with Crippen LogP contribution in [0, 0.1) is 0 Å². The molecule has 2 N–H and O–H groups in total. The lowest BCUT2D eigenvalue weighted by Crippen LogP contribution is -2.35. The van der Waals surface area contributed by atoms with Crippen LogP contribution in [0.25, 0.3) is 0 Å². The Bertz CT molecular complexity index is 418. The summed E-state index contributed by atoms with van der Waals surface area (Å²) in [5.41, 5.74) is 1.13. The third-order valence-corrected chi connectivity index (χ3v) is 3.70. The molecule has 5 heteroatoms. The zero-order chi connectivity index (χ0) is 14.4. The number of piperidine rings is 1. The molecule has 0 saturated carbocycles. The van der Waals surface area contributed by atoms with E-state index in [4.69, 9.17) is 15.4 Å². The average molecular weight is 280 g/mol. The lowest BCUT2D eigenvalue weighted by atomic mass is 10.1. The van der Waals surface area contributed by atoms with Gasteiger partial charge in [-0.1, -0.05) is 6.07 Å². The fraction of sp³-hybridized carbons (Fsp3) is 0.600. The summed E-state index contributed by atoms with van der Waals surface area (Å²) in [4.78, 5) is 6.93. The summed E-state index contributed by atoms with van der Waals surface area (Å²) in [7, 11) is 3.81. The Labute approximate surface area is 120 Å². The number of nitrogens with zero attached hydrogens (tertiary/aromatic N) is 1. The van der Waals surface area contributed by atoms with Gasteiger partial charge in [0.1, 0.15) is 6.10 Å². The molecule has 0 unspecified atom stereocenters. The van der Waals surface area contributed by atoms with E-state index in [0.717, 1.165) is 49.4 Å². The molecule has 0 aliphatic carbocycles. The van der Waals surface area contributed by atoms with Crippen LogP contribution in [0.5, 0.6) is 11.5 Å². The van der Waals surface area contributed by atoms with Gasteiger partial charge in [0.05, 0.1) is 13.7 Å². The van der Waals surface area contributed by atoms with Gasteiger partial charge in [0.15, 0.2) is 11.5 Å². The molecule has 1 saturated heterocycles. The molecular formula is C15H24N2O3. The quantitative estimate of drug-likeness (QED) is 0.802. The maximum Gasteiger partial charge on any atom is 0.161 e. The van der Waals surface area contributed by atoms with Crippen molar-refractivity contribution in [2.24, 2.45) is 5.90 Å². The number of methoxy groups -OCH3 is 1. The van der Waals surface area contributed by atoms with Crippen molar-refractivity contribution >= 4 is 0 Å². The third-order valence-electron chi connectivity index (χ3n) is 3.70. The van der Waals surface area contributed by atoms with Crippen molar-refractivity contribution < 1.29 is 14.3 Å². The maximum absolute atomic E-state index is 6.08. The summed E-state index contributed by atoms with van der Waals surface area (Å²) in [5.74, 6) is 6.65. The molecule has 5 nitrogen and oxygen atoms in total. The Hall–Kier alpha value is -1.30. The van der Waals surface area contributed by atoms with E-state index in [1.807, 2.05) is 18.2 Å². The zero-order valence-electron chi connectivity index (χ0n) is 12.3. The summed E-state index contributed by atoms with van der Waals surface area (Å²) in [6.07, 6.45) is 3.16. The van der Waals surface area contributed by atoms with Crippen LogP contribution in [0.1, 0.15) is 18.4 Å². The van der Waals surface area contributed by atoms with E-state index in [-0.39, 0.29) is 6.10 Å². The number of hydrogen-bond acceptors (Lipinski definition) is 5. The predicted octanol–water partition coefficient (Wildman–Crippen LogP) is 1.60. The molecule has 0 spiro atoms. The Morgan fingerprint density at radius 1 is 1.25 bits per heavy atom. The molecule has 0 aromatic heterocycles. The van der Waals surface area contributed by atoms with Crippen LogP contribution in [-0.4, -0.2) is 44.9 Å². The van der Waals surface area contributed by atoms with Crippen LogP contribution < -0.4 is 15.4 Å². The van der Waals surface area contributed by atoms with Gasteiger partial charge < -0.3 is 19.2 Å². The van der Waals surface area contributed by atoms with Crippen LogP contribution in [0.3, 0.4) is 0 Å². The van der Waals surface area contributed by atoms with E-state index in [9.17, 15) is 0 Å². The number of ether oxygens (including phenoxy) is 2. The molecule has 1 heterocycles. The van der Waals surface area contributed by atoms with E-state index in [1.54, 1.807) is 7.11 Å².